The molecule has 0 amide bonds. The van der Waals surface area contributed by atoms with Crippen molar-refractivity contribution in [2.24, 2.45) is 0 Å². The Morgan fingerprint density at radius 1 is 1.24 bits per heavy atom. The molecule has 0 saturated carbocycles. The Kier molecular flexibility index (Phi) is 4.70. The summed E-state index contributed by atoms with van der Waals surface area (Å²) in [6.07, 6.45) is 8.03. The molecule has 6 heteroatoms. The van der Waals surface area contributed by atoms with Crippen LogP contribution in [0.3, 0.4) is 0 Å². The molecule has 130 valence electrons. The lowest BCUT2D eigenvalue weighted by Crippen LogP contribution is -2.24. The van der Waals surface area contributed by atoms with Crippen molar-refractivity contribution < 1.29 is 9.53 Å². The van der Waals surface area contributed by atoms with Crippen LogP contribution in [0.15, 0.2) is 43.0 Å². The van der Waals surface area contributed by atoms with E-state index in [-0.39, 0.29) is 5.97 Å². The average Bonchev–Trinajstić information content (AvgIpc) is 2.97. The third-order valence-corrected chi connectivity index (χ3v) is 3.67. The standard InChI is InChI=1S/C19H22N4O2/c1-19(2,3)25-18(24)14-4-5-17(23-11-14)21-9-6-13-10-22-16-7-8-20-12-15(13)16/h4-5,7-8,10-12,22H,6,9H2,1-3H3,(H,21,23). The number of carbonyl (C=O) groups excluding carboxylic acids is 1. The molecule has 0 aliphatic carbocycles. The zero-order chi connectivity index (χ0) is 17.9. The monoisotopic (exact) mass is 338 g/mol. The topological polar surface area (TPSA) is 79.9 Å². The highest BCUT2D eigenvalue weighted by Crippen LogP contribution is 2.17. The zero-order valence-electron chi connectivity index (χ0n) is 14.7. The predicted molar refractivity (Wildman–Crippen MR) is 97.7 cm³/mol. The van der Waals surface area contributed by atoms with E-state index in [4.69, 9.17) is 4.74 Å². The van der Waals surface area contributed by atoms with Crippen molar-refractivity contribution in [2.45, 2.75) is 32.8 Å². The van der Waals surface area contributed by atoms with Crippen molar-refractivity contribution in [3.63, 3.8) is 0 Å². The van der Waals surface area contributed by atoms with E-state index in [1.807, 2.05) is 39.2 Å². The van der Waals surface area contributed by atoms with E-state index < -0.39 is 5.60 Å². The number of nitrogens with one attached hydrogen (secondary N) is 2. The molecule has 3 aromatic heterocycles. The second-order valence-electron chi connectivity index (χ2n) is 6.85. The van der Waals surface area contributed by atoms with E-state index in [2.05, 4.69) is 20.3 Å². The van der Waals surface area contributed by atoms with Crippen molar-refractivity contribution >= 4 is 22.7 Å². The fraction of sp³-hybridized carbons (Fsp3) is 0.316. The van der Waals surface area contributed by atoms with Crippen LogP contribution < -0.4 is 5.32 Å². The molecule has 0 saturated heterocycles. The maximum atomic E-state index is 12.0. The first-order valence-electron chi connectivity index (χ1n) is 8.26. The average molecular weight is 338 g/mol. The number of H-pyrrole nitrogens is 1. The van der Waals surface area contributed by atoms with E-state index in [1.165, 1.54) is 11.8 Å². The number of hydrogen-bond acceptors (Lipinski definition) is 5. The highest BCUT2D eigenvalue weighted by Gasteiger charge is 2.17. The molecule has 25 heavy (non-hydrogen) atoms. The first-order valence-corrected chi connectivity index (χ1v) is 8.26. The Morgan fingerprint density at radius 2 is 2.08 bits per heavy atom. The lowest BCUT2D eigenvalue weighted by molar-refractivity contribution is 0.00691. The van der Waals surface area contributed by atoms with Crippen LogP contribution in [0.2, 0.25) is 0 Å². The van der Waals surface area contributed by atoms with Gasteiger partial charge in [-0.25, -0.2) is 9.78 Å². The van der Waals surface area contributed by atoms with Gasteiger partial charge < -0.3 is 15.0 Å². The van der Waals surface area contributed by atoms with Gasteiger partial charge in [-0.3, -0.25) is 4.98 Å². The van der Waals surface area contributed by atoms with E-state index in [0.29, 0.717) is 5.56 Å². The molecule has 0 aromatic carbocycles. The number of nitrogens with zero attached hydrogens (tertiary/aromatic N) is 2. The van der Waals surface area contributed by atoms with Gasteiger partial charge in [0.25, 0.3) is 0 Å². The molecule has 0 bridgehead atoms. The molecule has 0 radical (unpaired) electrons. The van der Waals surface area contributed by atoms with Crippen molar-refractivity contribution in [3.05, 3.63) is 54.1 Å². The number of esters is 1. The summed E-state index contributed by atoms with van der Waals surface area (Å²) in [6.45, 7) is 6.26. The summed E-state index contributed by atoms with van der Waals surface area (Å²) in [6, 6.07) is 5.47. The van der Waals surface area contributed by atoms with Crippen LogP contribution in [0.4, 0.5) is 5.82 Å². The summed E-state index contributed by atoms with van der Waals surface area (Å²) in [4.78, 5) is 23.7. The first kappa shape index (κ1) is 17.0. The van der Waals surface area contributed by atoms with Crippen molar-refractivity contribution in [1.82, 2.24) is 15.0 Å². The van der Waals surface area contributed by atoms with Gasteiger partial charge in [0.1, 0.15) is 11.4 Å². The van der Waals surface area contributed by atoms with Crippen LogP contribution >= 0.6 is 0 Å². The van der Waals surface area contributed by atoms with Gasteiger partial charge in [-0.15, -0.1) is 0 Å². The summed E-state index contributed by atoms with van der Waals surface area (Å²) >= 11 is 0. The van der Waals surface area contributed by atoms with Crippen LogP contribution in [0, 0.1) is 0 Å². The number of pyridine rings is 2. The molecule has 3 rings (SSSR count). The SMILES string of the molecule is CC(C)(C)OC(=O)c1ccc(NCCc2c[nH]c3ccncc23)nc1. The Balaban J connectivity index is 1.56. The third kappa shape index (κ3) is 4.35. The number of ether oxygens (including phenoxy) is 1. The van der Waals surface area contributed by atoms with Crippen LogP contribution in [0.5, 0.6) is 0 Å². The highest BCUT2D eigenvalue weighted by atomic mass is 16.6. The van der Waals surface area contributed by atoms with Gasteiger partial charge in [0.2, 0.25) is 0 Å². The van der Waals surface area contributed by atoms with Gasteiger partial charge in [-0.2, -0.15) is 0 Å². The first-order chi connectivity index (χ1) is 11.9. The summed E-state index contributed by atoms with van der Waals surface area (Å²) in [5.41, 5.74) is 2.23. The van der Waals surface area contributed by atoms with Gasteiger partial charge in [0.05, 0.1) is 5.56 Å². The van der Waals surface area contributed by atoms with Crippen molar-refractivity contribution in [3.8, 4) is 0 Å². The lowest BCUT2D eigenvalue weighted by Gasteiger charge is -2.19. The van der Waals surface area contributed by atoms with Gasteiger partial charge in [-0.1, -0.05) is 0 Å². The number of anilines is 1. The number of fused-ring (bicyclic) bond motifs is 1. The summed E-state index contributed by atoms with van der Waals surface area (Å²) in [5, 5.41) is 4.40. The largest absolute Gasteiger partial charge is 0.456 e. The minimum atomic E-state index is -0.512. The van der Waals surface area contributed by atoms with Crippen LogP contribution in [-0.2, 0) is 11.2 Å². The quantitative estimate of drug-likeness (QED) is 0.695. The predicted octanol–water partition coefficient (Wildman–Crippen LogP) is 3.57. The van der Waals surface area contributed by atoms with Crippen LogP contribution in [0.1, 0.15) is 36.7 Å². The number of rotatable bonds is 5. The van der Waals surface area contributed by atoms with E-state index >= 15 is 0 Å². The molecular weight excluding hydrogens is 316 g/mol. The molecule has 2 N–H and O–H groups in total. The molecule has 3 aromatic rings. The molecule has 3 heterocycles. The summed E-state index contributed by atoms with van der Waals surface area (Å²) in [7, 11) is 0. The van der Waals surface area contributed by atoms with Gasteiger partial charge in [0.15, 0.2) is 0 Å². The highest BCUT2D eigenvalue weighted by molar-refractivity contribution is 5.89. The number of aromatic nitrogens is 3. The Bertz CT molecular complexity index is 863. The second-order valence-corrected chi connectivity index (χ2v) is 6.85. The molecule has 0 atom stereocenters. The smallest absolute Gasteiger partial charge is 0.340 e. The Hall–Kier alpha value is -2.89. The third-order valence-electron chi connectivity index (χ3n) is 3.67. The van der Waals surface area contributed by atoms with E-state index in [1.54, 1.807) is 18.3 Å². The molecule has 0 spiro atoms. The Morgan fingerprint density at radius 3 is 2.80 bits per heavy atom. The van der Waals surface area contributed by atoms with Crippen molar-refractivity contribution in [2.75, 3.05) is 11.9 Å². The number of hydrogen-bond donors (Lipinski definition) is 2. The second kappa shape index (κ2) is 6.93. The lowest BCUT2D eigenvalue weighted by atomic mass is 10.1. The fourth-order valence-electron chi connectivity index (χ4n) is 2.51. The maximum absolute atomic E-state index is 12.0. The van der Waals surface area contributed by atoms with Gasteiger partial charge in [0, 0.05) is 42.2 Å². The molecular formula is C19H22N4O2. The minimum Gasteiger partial charge on any atom is -0.456 e. The van der Waals surface area contributed by atoms with Gasteiger partial charge in [-0.05, 0) is 51.0 Å². The number of aromatic amines is 1. The van der Waals surface area contributed by atoms with Crippen LogP contribution in [0.25, 0.3) is 10.9 Å². The molecule has 0 aliphatic heterocycles. The Labute approximate surface area is 146 Å². The van der Waals surface area contributed by atoms with Crippen molar-refractivity contribution in [1.29, 1.82) is 0 Å². The van der Waals surface area contributed by atoms with Gasteiger partial charge >= 0.3 is 5.97 Å². The minimum absolute atomic E-state index is 0.363. The zero-order valence-corrected chi connectivity index (χ0v) is 14.7. The van der Waals surface area contributed by atoms with E-state index in [9.17, 15) is 4.79 Å². The summed E-state index contributed by atoms with van der Waals surface area (Å²) in [5.74, 6) is 0.364. The molecule has 0 unspecified atom stereocenters. The van der Waals surface area contributed by atoms with E-state index in [0.717, 1.165) is 29.7 Å². The maximum Gasteiger partial charge on any atom is 0.340 e. The molecule has 6 nitrogen and oxygen atoms in total. The molecule has 0 aliphatic rings. The summed E-state index contributed by atoms with van der Waals surface area (Å²) < 4.78 is 5.33. The molecule has 0 fully saturated rings. The fourth-order valence-corrected chi connectivity index (χ4v) is 2.51. The number of carbonyl (C=O) groups is 1. The normalized spacial score (nSPS) is 11.5. The van der Waals surface area contributed by atoms with Crippen LogP contribution in [-0.4, -0.2) is 33.1 Å².